The Hall–Kier alpha value is -0.630. The monoisotopic (exact) mass is 305 g/mol. The van der Waals surface area contributed by atoms with Crippen LogP contribution in [0.2, 0.25) is 0 Å². The Morgan fingerprint density at radius 3 is 2.56 bits per heavy atom. The van der Waals surface area contributed by atoms with Gasteiger partial charge in [-0.1, -0.05) is 15.9 Å². The minimum atomic E-state index is -3.43. The summed E-state index contributed by atoms with van der Waals surface area (Å²) in [5, 5.41) is 0. The summed E-state index contributed by atoms with van der Waals surface area (Å²) < 4.78 is 28.3. The van der Waals surface area contributed by atoms with E-state index in [0.29, 0.717) is 18.8 Å². The molecule has 1 fully saturated rings. The van der Waals surface area contributed by atoms with E-state index in [1.54, 1.807) is 24.3 Å². The Morgan fingerprint density at radius 1 is 1.44 bits per heavy atom. The van der Waals surface area contributed by atoms with E-state index in [1.807, 2.05) is 0 Å². The van der Waals surface area contributed by atoms with Gasteiger partial charge in [0.05, 0.1) is 18.3 Å². The highest BCUT2D eigenvalue weighted by Crippen LogP contribution is 2.23. The number of rotatable bonds is 2. The van der Waals surface area contributed by atoms with Gasteiger partial charge in [-0.15, -0.1) is 0 Å². The molecule has 1 aromatic carbocycles. The molecular formula is C9H12BrN3O2S. The van der Waals surface area contributed by atoms with Gasteiger partial charge in [0, 0.05) is 11.0 Å². The summed E-state index contributed by atoms with van der Waals surface area (Å²) in [4.78, 5) is 0. The fourth-order valence-electron chi connectivity index (χ4n) is 1.58. The molecule has 0 aromatic heterocycles. The standard InChI is InChI=1S/C9H12BrN3O2S/c10-7-1-3-9(4-2-7)13-6-8(5-11)12-16(13,14)15/h1-4,8,12H,5-6,11H2. The Morgan fingerprint density at radius 2 is 2.06 bits per heavy atom. The largest absolute Gasteiger partial charge is 0.329 e. The Labute approximate surface area is 103 Å². The number of nitrogens with two attached hydrogens (primary N) is 1. The molecule has 0 radical (unpaired) electrons. The zero-order valence-corrected chi connectivity index (χ0v) is 10.8. The maximum atomic E-state index is 11.8. The van der Waals surface area contributed by atoms with Gasteiger partial charge in [-0.05, 0) is 24.3 Å². The van der Waals surface area contributed by atoms with E-state index in [9.17, 15) is 8.42 Å². The second-order valence-electron chi connectivity index (χ2n) is 3.56. The summed E-state index contributed by atoms with van der Waals surface area (Å²) in [6, 6.07) is 6.90. The molecule has 2 rings (SSSR count). The summed E-state index contributed by atoms with van der Waals surface area (Å²) >= 11 is 3.30. The lowest BCUT2D eigenvalue weighted by molar-refractivity contribution is 0.583. The van der Waals surface area contributed by atoms with Crippen LogP contribution in [0, 0.1) is 0 Å². The third kappa shape index (κ3) is 2.22. The molecule has 16 heavy (non-hydrogen) atoms. The van der Waals surface area contributed by atoms with Crippen molar-refractivity contribution in [2.75, 3.05) is 17.4 Å². The van der Waals surface area contributed by atoms with Gasteiger partial charge in [0.15, 0.2) is 0 Å². The van der Waals surface area contributed by atoms with E-state index in [0.717, 1.165) is 4.47 Å². The molecule has 0 bridgehead atoms. The van der Waals surface area contributed by atoms with Crippen LogP contribution in [0.4, 0.5) is 5.69 Å². The van der Waals surface area contributed by atoms with Gasteiger partial charge in [-0.2, -0.15) is 13.1 Å². The average Bonchev–Trinajstić information content (AvgIpc) is 2.55. The normalized spacial score (nSPS) is 23.6. The lowest BCUT2D eigenvalue weighted by atomic mass is 10.3. The van der Waals surface area contributed by atoms with Crippen LogP contribution in [-0.2, 0) is 10.2 Å². The Balaban J connectivity index is 2.31. The fourth-order valence-corrected chi connectivity index (χ4v) is 3.34. The number of benzene rings is 1. The summed E-state index contributed by atoms with van der Waals surface area (Å²) in [5.74, 6) is 0. The number of anilines is 1. The van der Waals surface area contributed by atoms with Gasteiger partial charge >= 0.3 is 10.2 Å². The predicted octanol–water partition coefficient (Wildman–Crippen LogP) is 0.431. The maximum absolute atomic E-state index is 11.8. The summed E-state index contributed by atoms with van der Waals surface area (Å²) in [6.45, 7) is 0.673. The molecule has 1 saturated heterocycles. The van der Waals surface area contributed by atoms with Gasteiger partial charge in [0.2, 0.25) is 0 Å². The van der Waals surface area contributed by atoms with Crippen molar-refractivity contribution >= 4 is 31.8 Å². The van der Waals surface area contributed by atoms with Gasteiger partial charge in [0.25, 0.3) is 0 Å². The lowest BCUT2D eigenvalue weighted by Crippen LogP contribution is -2.33. The van der Waals surface area contributed by atoms with E-state index in [1.165, 1.54) is 4.31 Å². The quantitative estimate of drug-likeness (QED) is 0.832. The van der Waals surface area contributed by atoms with Crippen LogP contribution in [0.3, 0.4) is 0 Å². The topological polar surface area (TPSA) is 75.4 Å². The van der Waals surface area contributed by atoms with Crippen LogP contribution in [0.5, 0.6) is 0 Å². The molecular weight excluding hydrogens is 294 g/mol. The third-order valence-electron chi connectivity index (χ3n) is 2.39. The van der Waals surface area contributed by atoms with Crippen LogP contribution < -0.4 is 14.8 Å². The zero-order chi connectivity index (χ0) is 11.8. The smallest absolute Gasteiger partial charge is 0.301 e. The van der Waals surface area contributed by atoms with Crippen molar-refractivity contribution in [2.24, 2.45) is 5.73 Å². The van der Waals surface area contributed by atoms with Gasteiger partial charge in [-0.25, -0.2) is 0 Å². The van der Waals surface area contributed by atoms with Gasteiger partial charge in [0.1, 0.15) is 0 Å². The van der Waals surface area contributed by atoms with Crippen molar-refractivity contribution in [3.8, 4) is 0 Å². The number of nitrogens with one attached hydrogen (secondary N) is 1. The number of nitrogens with zero attached hydrogens (tertiary/aromatic N) is 1. The van der Waals surface area contributed by atoms with Crippen molar-refractivity contribution in [1.29, 1.82) is 0 Å². The first kappa shape index (κ1) is 11.8. The Kier molecular flexibility index (Phi) is 3.20. The molecule has 0 saturated carbocycles. The van der Waals surface area contributed by atoms with Gasteiger partial charge < -0.3 is 5.73 Å². The van der Waals surface area contributed by atoms with E-state index >= 15 is 0 Å². The minimum absolute atomic E-state index is 0.214. The summed E-state index contributed by atoms with van der Waals surface area (Å²) in [5.41, 5.74) is 6.10. The molecule has 7 heteroatoms. The summed E-state index contributed by atoms with van der Waals surface area (Å²) in [7, 11) is -3.43. The van der Waals surface area contributed by atoms with E-state index in [4.69, 9.17) is 5.73 Å². The minimum Gasteiger partial charge on any atom is -0.329 e. The number of hydrogen-bond donors (Lipinski definition) is 2. The molecule has 0 amide bonds. The van der Waals surface area contributed by atoms with Crippen molar-refractivity contribution in [3.05, 3.63) is 28.7 Å². The molecule has 1 atom stereocenters. The molecule has 1 aromatic rings. The second kappa shape index (κ2) is 4.33. The molecule has 0 spiro atoms. The zero-order valence-electron chi connectivity index (χ0n) is 8.43. The van der Waals surface area contributed by atoms with Crippen molar-refractivity contribution in [2.45, 2.75) is 6.04 Å². The van der Waals surface area contributed by atoms with Crippen molar-refractivity contribution < 1.29 is 8.42 Å². The molecule has 0 aliphatic carbocycles. The first-order chi connectivity index (χ1) is 7.53. The van der Waals surface area contributed by atoms with E-state index in [-0.39, 0.29) is 6.04 Å². The second-order valence-corrected chi connectivity index (χ2v) is 6.11. The highest BCUT2D eigenvalue weighted by molar-refractivity contribution is 9.10. The van der Waals surface area contributed by atoms with Crippen LogP contribution in [-0.4, -0.2) is 27.5 Å². The van der Waals surface area contributed by atoms with Crippen LogP contribution >= 0.6 is 15.9 Å². The van der Waals surface area contributed by atoms with E-state index in [2.05, 4.69) is 20.7 Å². The van der Waals surface area contributed by atoms with Crippen LogP contribution in [0.1, 0.15) is 0 Å². The Bertz CT molecular complexity index is 474. The number of hydrogen-bond acceptors (Lipinski definition) is 3. The molecule has 1 aliphatic rings. The van der Waals surface area contributed by atoms with Crippen molar-refractivity contribution in [3.63, 3.8) is 0 Å². The maximum Gasteiger partial charge on any atom is 0.301 e. The summed E-state index contributed by atoms with van der Waals surface area (Å²) in [6.07, 6.45) is 0. The first-order valence-corrected chi connectivity index (χ1v) is 7.02. The molecule has 3 N–H and O–H groups in total. The first-order valence-electron chi connectivity index (χ1n) is 4.78. The lowest BCUT2D eigenvalue weighted by Gasteiger charge is -2.15. The van der Waals surface area contributed by atoms with E-state index < -0.39 is 10.2 Å². The SMILES string of the molecule is NCC1CN(c2ccc(Br)cc2)S(=O)(=O)N1. The predicted molar refractivity (Wildman–Crippen MR) is 66.4 cm³/mol. The average molecular weight is 306 g/mol. The van der Waals surface area contributed by atoms with Crippen LogP contribution in [0.15, 0.2) is 28.7 Å². The molecule has 5 nitrogen and oxygen atoms in total. The highest BCUT2D eigenvalue weighted by Gasteiger charge is 2.34. The van der Waals surface area contributed by atoms with Crippen LogP contribution in [0.25, 0.3) is 0 Å². The fraction of sp³-hybridized carbons (Fsp3) is 0.333. The molecule has 1 aliphatic heterocycles. The van der Waals surface area contributed by atoms with Crippen molar-refractivity contribution in [1.82, 2.24) is 4.72 Å². The van der Waals surface area contributed by atoms with Gasteiger partial charge in [-0.3, -0.25) is 4.31 Å². The molecule has 1 unspecified atom stereocenters. The third-order valence-corrected chi connectivity index (χ3v) is 4.49. The number of halogens is 1. The highest BCUT2D eigenvalue weighted by atomic mass is 79.9. The molecule has 1 heterocycles. The molecule has 88 valence electrons.